The maximum atomic E-state index is 13.8. The van der Waals surface area contributed by atoms with Crippen LogP contribution in [0.3, 0.4) is 0 Å². The van der Waals surface area contributed by atoms with Crippen LogP contribution in [0.1, 0.15) is 33.9 Å². The minimum Gasteiger partial charge on any atom is -0.251 e. The second-order valence-corrected chi connectivity index (χ2v) is 13.3. The van der Waals surface area contributed by atoms with Crippen molar-refractivity contribution >= 4 is 20.0 Å². The number of benzene rings is 2. The molecule has 0 unspecified atom stereocenters. The van der Waals surface area contributed by atoms with E-state index in [1.54, 1.807) is 62.6 Å². The number of fused-ring (bicyclic) bond motifs is 2. The van der Waals surface area contributed by atoms with E-state index >= 15 is 0 Å². The normalized spacial score (nSPS) is 15.7. The van der Waals surface area contributed by atoms with Crippen LogP contribution < -0.4 is 0 Å². The number of aryl methyl sites for hydroxylation is 4. The molecule has 2 aromatic carbocycles. The predicted octanol–water partition coefficient (Wildman–Crippen LogP) is 1.66. The minimum atomic E-state index is -3.95. The van der Waals surface area contributed by atoms with Gasteiger partial charge in [-0.15, -0.1) is 10.2 Å². The third kappa shape index (κ3) is 4.75. The topological polar surface area (TPSA) is 136 Å². The maximum absolute atomic E-state index is 13.8. The van der Waals surface area contributed by atoms with Crippen LogP contribution in [0.25, 0.3) is 0 Å². The Morgan fingerprint density at radius 1 is 0.579 bits per heavy atom. The molecule has 0 amide bonds. The molecular formula is C24H28N8O4S2. The Labute approximate surface area is 221 Å². The van der Waals surface area contributed by atoms with Crippen LogP contribution in [0, 0.1) is 13.8 Å². The SMILES string of the molecule is Cc1ccc(S(=O)(=O)N2Cc3nnn(C)c3CN(S(=O)(=O)c3ccc(C)cc3)Cc3nnn(C)c3C2)cc1. The van der Waals surface area contributed by atoms with Crippen molar-refractivity contribution in [2.75, 3.05) is 0 Å². The summed E-state index contributed by atoms with van der Waals surface area (Å²) >= 11 is 0. The fourth-order valence-electron chi connectivity index (χ4n) is 4.31. The fraction of sp³-hybridized carbons (Fsp3) is 0.333. The van der Waals surface area contributed by atoms with Crippen molar-refractivity contribution in [1.29, 1.82) is 0 Å². The smallest absolute Gasteiger partial charge is 0.243 e. The summed E-state index contributed by atoms with van der Waals surface area (Å²) in [5, 5.41) is 16.6. The van der Waals surface area contributed by atoms with Crippen LogP contribution in [0.4, 0.5) is 0 Å². The van der Waals surface area contributed by atoms with Crippen molar-refractivity contribution in [3.8, 4) is 0 Å². The highest BCUT2D eigenvalue weighted by Gasteiger charge is 2.34. The largest absolute Gasteiger partial charge is 0.251 e. The van der Waals surface area contributed by atoms with E-state index in [0.717, 1.165) is 11.1 Å². The fourth-order valence-corrected chi connectivity index (χ4v) is 7.04. The minimum absolute atomic E-state index is 0.0799. The average Bonchev–Trinajstić information content (AvgIpc) is 3.40. The highest BCUT2D eigenvalue weighted by molar-refractivity contribution is 7.89. The van der Waals surface area contributed by atoms with Crippen LogP contribution in [-0.2, 0) is 60.3 Å². The van der Waals surface area contributed by atoms with Gasteiger partial charge in [0.25, 0.3) is 0 Å². The second kappa shape index (κ2) is 9.69. The molecule has 4 aromatic rings. The summed E-state index contributed by atoms with van der Waals surface area (Å²) in [4.78, 5) is 0.289. The number of sulfonamides is 2. The lowest BCUT2D eigenvalue weighted by molar-refractivity contribution is 0.354. The molecule has 0 aliphatic carbocycles. The Hall–Kier alpha value is -3.46. The van der Waals surface area contributed by atoms with Crippen molar-refractivity contribution in [2.45, 2.75) is 49.8 Å². The molecule has 200 valence electrons. The Balaban J connectivity index is 1.63. The van der Waals surface area contributed by atoms with Gasteiger partial charge in [0.1, 0.15) is 11.4 Å². The zero-order valence-corrected chi connectivity index (χ0v) is 23.1. The molecule has 0 saturated carbocycles. The number of aromatic nitrogens is 6. The van der Waals surface area contributed by atoms with Crippen LogP contribution >= 0.6 is 0 Å². The predicted molar refractivity (Wildman–Crippen MR) is 137 cm³/mol. The van der Waals surface area contributed by atoms with Gasteiger partial charge in [0.05, 0.1) is 47.4 Å². The summed E-state index contributed by atoms with van der Waals surface area (Å²) in [6.45, 7) is 3.39. The van der Waals surface area contributed by atoms with Crippen molar-refractivity contribution in [3.63, 3.8) is 0 Å². The number of rotatable bonds is 4. The summed E-state index contributed by atoms with van der Waals surface area (Å²) in [7, 11) is -4.59. The molecule has 1 aliphatic rings. The van der Waals surface area contributed by atoms with Crippen molar-refractivity contribution in [3.05, 3.63) is 82.4 Å². The van der Waals surface area contributed by atoms with Crippen molar-refractivity contribution in [1.82, 2.24) is 38.6 Å². The average molecular weight is 557 g/mol. The van der Waals surface area contributed by atoms with E-state index < -0.39 is 20.0 Å². The first-order valence-corrected chi connectivity index (χ1v) is 14.7. The van der Waals surface area contributed by atoms with Gasteiger partial charge in [-0.05, 0) is 38.1 Å². The van der Waals surface area contributed by atoms with Crippen LogP contribution in [0.15, 0.2) is 58.3 Å². The zero-order valence-electron chi connectivity index (χ0n) is 21.5. The molecule has 14 heteroatoms. The van der Waals surface area contributed by atoms with Gasteiger partial charge in [-0.25, -0.2) is 16.8 Å². The number of hydrogen-bond donors (Lipinski definition) is 0. The van der Waals surface area contributed by atoms with E-state index in [4.69, 9.17) is 0 Å². The third-order valence-corrected chi connectivity index (χ3v) is 10.3. The number of nitrogens with zero attached hydrogens (tertiary/aromatic N) is 8. The molecule has 12 nitrogen and oxygen atoms in total. The van der Waals surface area contributed by atoms with E-state index in [1.165, 1.54) is 18.0 Å². The Morgan fingerprint density at radius 2 is 0.921 bits per heavy atom. The Bertz CT molecular complexity index is 1570. The molecule has 2 aromatic heterocycles. The van der Waals surface area contributed by atoms with E-state index in [-0.39, 0.29) is 36.0 Å². The van der Waals surface area contributed by atoms with Crippen molar-refractivity contribution < 1.29 is 16.8 Å². The van der Waals surface area contributed by atoms with Gasteiger partial charge in [-0.1, -0.05) is 45.8 Å². The molecule has 3 heterocycles. The monoisotopic (exact) mass is 556 g/mol. The highest BCUT2D eigenvalue weighted by atomic mass is 32.2. The van der Waals surface area contributed by atoms with Gasteiger partial charge >= 0.3 is 0 Å². The van der Waals surface area contributed by atoms with Gasteiger partial charge in [0, 0.05) is 14.1 Å². The van der Waals surface area contributed by atoms with Gasteiger partial charge in [-0.2, -0.15) is 8.61 Å². The summed E-state index contributed by atoms with van der Waals surface area (Å²) in [5.74, 6) is 0. The quantitative estimate of drug-likeness (QED) is 0.370. The molecule has 0 spiro atoms. The van der Waals surface area contributed by atoms with Crippen LogP contribution in [-0.4, -0.2) is 55.4 Å². The second-order valence-electron chi connectivity index (χ2n) is 9.39. The van der Waals surface area contributed by atoms with E-state index in [0.29, 0.717) is 22.8 Å². The molecule has 5 rings (SSSR count). The molecule has 1 aliphatic heterocycles. The first-order chi connectivity index (χ1) is 18.0. The van der Waals surface area contributed by atoms with E-state index in [2.05, 4.69) is 20.6 Å². The Kier molecular flexibility index (Phi) is 6.67. The van der Waals surface area contributed by atoms with Gasteiger partial charge in [0.2, 0.25) is 20.0 Å². The molecule has 0 atom stereocenters. The van der Waals surface area contributed by atoms with Gasteiger partial charge in [-0.3, -0.25) is 9.36 Å². The molecule has 0 saturated heterocycles. The number of hydrogen-bond acceptors (Lipinski definition) is 8. The zero-order chi connectivity index (χ0) is 27.2. The van der Waals surface area contributed by atoms with E-state index in [1.807, 2.05) is 13.8 Å². The lowest BCUT2D eigenvalue weighted by Gasteiger charge is -2.26. The van der Waals surface area contributed by atoms with Gasteiger partial charge in [0.15, 0.2) is 0 Å². The summed E-state index contributed by atoms with van der Waals surface area (Å²) in [6, 6.07) is 13.2. The molecule has 0 N–H and O–H groups in total. The van der Waals surface area contributed by atoms with E-state index in [9.17, 15) is 16.8 Å². The van der Waals surface area contributed by atoms with Crippen LogP contribution in [0.2, 0.25) is 0 Å². The maximum Gasteiger partial charge on any atom is 0.243 e. The molecule has 0 radical (unpaired) electrons. The summed E-state index contributed by atoms with van der Waals surface area (Å²) < 4.78 is 60.6. The molecule has 0 fully saturated rings. The van der Waals surface area contributed by atoms with Gasteiger partial charge < -0.3 is 0 Å². The molecular weight excluding hydrogens is 528 g/mol. The molecule has 38 heavy (non-hydrogen) atoms. The summed E-state index contributed by atoms with van der Waals surface area (Å²) in [6.07, 6.45) is 0. The third-order valence-electron chi connectivity index (χ3n) is 6.67. The van der Waals surface area contributed by atoms with Crippen LogP contribution in [0.5, 0.6) is 0 Å². The summed E-state index contributed by atoms with van der Waals surface area (Å²) in [5.41, 5.74) is 3.58. The lowest BCUT2D eigenvalue weighted by Crippen LogP contribution is -2.36. The molecule has 0 bridgehead atoms. The van der Waals surface area contributed by atoms with Crippen molar-refractivity contribution in [2.24, 2.45) is 14.1 Å². The highest BCUT2D eigenvalue weighted by Crippen LogP contribution is 2.28. The lowest BCUT2D eigenvalue weighted by atomic mass is 10.2. The Morgan fingerprint density at radius 3 is 1.26 bits per heavy atom. The standard InChI is InChI=1S/C24H28N8O4S2/c1-17-5-9-19(10-6-17)37(33,34)31-13-21-24(30(4)27-25-21)16-32(14-22-23(15-31)29(3)28-26-22)38(35,36)20-11-7-18(2)8-12-20/h5-12H,13-16H2,1-4H3. The first kappa shape index (κ1) is 26.2. The first-order valence-electron chi connectivity index (χ1n) is 11.9.